The first-order valence-electron chi connectivity index (χ1n) is 3.91. The summed E-state index contributed by atoms with van der Waals surface area (Å²) in [4.78, 5) is 8.17. The van der Waals surface area contributed by atoms with Gasteiger partial charge in [-0.25, -0.2) is 9.97 Å². The minimum absolute atomic E-state index is 0.515. The zero-order valence-electron chi connectivity index (χ0n) is 7.40. The van der Waals surface area contributed by atoms with E-state index in [1.165, 1.54) is 11.3 Å². The van der Waals surface area contributed by atoms with Gasteiger partial charge in [0.2, 0.25) is 5.88 Å². The van der Waals surface area contributed by atoms with Crippen LogP contribution in [0.25, 0.3) is 10.6 Å². The predicted octanol–water partition coefficient (Wildman–Crippen LogP) is 2.87. The smallest absolute Gasteiger partial charge is 0.213 e. The van der Waals surface area contributed by atoms with E-state index in [-0.39, 0.29) is 0 Å². The molecule has 0 unspecified atom stereocenters. The molecular weight excluding hydrogens is 220 g/mol. The molecule has 0 saturated heterocycles. The minimum Gasteiger partial charge on any atom is -0.481 e. The van der Waals surface area contributed by atoms with Crippen LogP contribution < -0.4 is 4.74 Å². The number of rotatable bonds is 2. The first kappa shape index (κ1) is 9.43. The Morgan fingerprint density at radius 2 is 2.36 bits per heavy atom. The third-order valence-corrected chi connectivity index (χ3v) is 2.88. The molecule has 0 aromatic carbocycles. The minimum atomic E-state index is 0.515. The standard InChI is InChI=1S/C9H7ClN2OS/c1-13-8-4-6(2-3-11-8)9-12-7(10)5-14-9/h2-5H,1H3. The fraction of sp³-hybridized carbons (Fsp3) is 0.111. The first-order chi connectivity index (χ1) is 6.79. The number of nitrogens with zero attached hydrogens (tertiary/aromatic N) is 2. The lowest BCUT2D eigenvalue weighted by molar-refractivity contribution is 0.398. The van der Waals surface area contributed by atoms with Gasteiger partial charge in [0, 0.05) is 23.2 Å². The van der Waals surface area contributed by atoms with Crippen LogP contribution in [-0.2, 0) is 0 Å². The molecule has 2 aromatic rings. The number of hydrogen-bond acceptors (Lipinski definition) is 4. The molecule has 0 bridgehead atoms. The van der Waals surface area contributed by atoms with Gasteiger partial charge in [-0.1, -0.05) is 11.6 Å². The molecule has 0 spiro atoms. The number of pyridine rings is 1. The van der Waals surface area contributed by atoms with Crippen LogP contribution in [0, 0.1) is 0 Å². The first-order valence-corrected chi connectivity index (χ1v) is 5.17. The molecule has 3 nitrogen and oxygen atoms in total. The number of hydrogen-bond donors (Lipinski definition) is 0. The molecular formula is C9H7ClN2OS. The molecule has 0 amide bonds. The summed E-state index contributed by atoms with van der Waals surface area (Å²) in [5.74, 6) is 0.578. The lowest BCUT2D eigenvalue weighted by atomic mass is 10.3. The highest BCUT2D eigenvalue weighted by molar-refractivity contribution is 7.13. The van der Waals surface area contributed by atoms with Gasteiger partial charge in [0.05, 0.1) is 7.11 Å². The van der Waals surface area contributed by atoms with Gasteiger partial charge in [-0.15, -0.1) is 11.3 Å². The molecule has 0 aliphatic heterocycles. The van der Waals surface area contributed by atoms with Crippen molar-refractivity contribution in [3.8, 4) is 16.5 Å². The Kier molecular flexibility index (Phi) is 2.65. The maximum Gasteiger partial charge on any atom is 0.213 e. The maximum absolute atomic E-state index is 5.74. The van der Waals surface area contributed by atoms with E-state index in [0.29, 0.717) is 11.0 Å². The van der Waals surface area contributed by atoms with Gasteiger partial charge in [0.15, 0.2) is 0 Å². The van der Waals surface area contributed by atoms with Gasteiger partial charge >= 0.3 is 0 Å². The molecule has 0 fully saturated rings. The summed E-state index contributed by atoms with van der Waals surface area (Å²) in [5.41, 5.74) is 0.966. The zero-order valence-corrected chi connectivity index (χ0v) is 8.97. The second kappa shape index (κ2) is 3.94. The Labute approximate surface area is 90.3 Å². The average molecular weight is 227 g/mol. The third kappa shape index (κ3) is 1.86. The Morgan fingerprint density at radius 3 is 3.00 bits per heavy atom. The largest absolute Gasteiger partial charge is 0.481 e. The van der Waals surface area contributed by atoms with Gasteiger partial charge in [0.1, 0.15) is 10.2 Å². The fourth-order valence-electron chi connectivity index (χ4n) is 1.04. The second-order valence-corrected chi connectivity index (χ2v) is 3.81. The van der Waals surface area contributed by atoms with E-state index >= 15 is 0 Å². The van der Waals surface area contributed by atoms with Crippen LogP contribution in [0.1, 0.15) is 0 Å². The van der Waals surface area contributed by atoms with Gasteiger partial charge in [-0.2, -0.15) is 0 Å². The van der Waals surface area contributed by atoms with Crippen LogP contribution in [0.15, 0.2) is 23.7 Å². The molecule has 0 aliphatic carbocycles. The average Bonchev–Trinajstić information content (AvgIpc) is 2.65. The van der Waals surface area contributed by atoms with Crippen molar-refractivity contribution in [2.24, 2.45) is 0 Å². The van der Waals surface area contributed by atoms with Crippen molar-refractivity contribution in [3.05, 3.63) is 28.9 Å². The van der Waals surface area contributed by atoms with Gasteiger partial charge in [-0.05, 0) is 6.07 Å². The van der Waals surface area contributed by atoms with E-state index < -0.39 is 0 Å². The Morgan fingerprint density at radius 1 is 1.50 bits per heavy atom. The van der Waals surface area contributed by atoms with E-state index in [0.717, 1.165) is 10.6 Å². The van der Waals surface area contributed by atoms with E-state index in [4.69, 9.17) is 16.3 Å². The summed E-state index contributed by atoms with van der Waals surface area (Å²) in [7, 11) is 1.58. The summed E-state index contributed by atoms with van der Waals surface area (Å²) >= 11 is 7.23. The van der Waals surface area contributed by atoms with Crippen molar-refractivity contribution in [3.63, 3.8) is 0 Å². The molecule has 0 atom stereocenters. The molecule has 72 valence electrons. The summed E-state index contributed by atoms with van der Waals surface area (Å²) in [6.45, 7) is 0. The lowest BCUT2D eigenvalue weighted by Crippen LogP contribution is -1.86. The van der Waals surface area contributed by atoms with Crippen molar-refractivity contribution in [1.29, 1.82) is 0 Å². The highest BCUT2D eigenvalue weighted by atomic mass is 35.5. The van der Waals surface area contributed by atoms with Crippen LogP contribution in [0.5, 0.6) is 5.88 Å². The Hall–Kier alpha value is -1.13. The Balaban J connectivity index is 2.41. The number of halogens is 1. The molecule has 0 aliphatic rings. The highest BCUT2D eigenvalue weighted by Crippen LogP contribution is 2.26. The van der Waals surface area contributed by atoms with Crippen molar-refractivity contribution < 1.29 is 4.74 Å². The monoisotopic (exact) mass is 226 g/mol. The summed E-state index contributed by atoms with van der Waals surface area (Å²) in [6, 6.07) is 3.70. The topological polar surface area (TPSA) is 35.0 Å². The van der Waals surface area contributed by atoms with Crippen LogP contribution in [0.4, 0.5) is 0 Å². The predicted molar refractivity (Wildman–Crippen MR) is 56.9 cm³/mol. The van der Waals surface area contributed by atoms with Crippen molar-refractivity contribution in [2.75, 3.05) is 7.11 Å². The summed E-state index contributed by atoms with van der Waals surface area (Å²) in [5, 5.41) is 3.18. The zero-order chi connectivity index (χ0) is 9.97. The SMILES string of the molecule is COc1cc(-c2nc(Cl)cs2)ccn1. The molecule has 0 radical (unpaired) electrons. The second-order valence-electron chi connectivity index (χ2n) is 2.56. The van der Waals surface area contributed by atoms with Gasteiger partial charge in [0.25, 0.3) is 0 Å². The van der Waals surface area contributed by atoms with E-state index in [1.54, 1.807) is 18.7 Å². The highest BCUT2D eigenvalue weighted by Gasteiger charge is 2.04. The van der Waals surface area contributed by atoms with Crippen molar-refractivity contribution in [2.45, 2.75) is 0 Å². The number of methoxy groups -OCH3 is 1. The molecule has 2 heterocycles. The molecule has 0 N–H and O–H groups in total. The molecule has 2 rings (SSSR count). The molecule has 2 aromatic heterocycles. The lowest BCUT2D eigenvalue weighted by Gasteiger charge is -1.99. The van der Waals surface area contributed by atoms with E-state index in [2.05, 4.69) is 9.97 Å². The Bertz CT molecular complexity index is 444. The van der Waals surface area contributed by atoms with Crippen LogP contribution in [0.2, 0.25) is 5.15 Å². The summed E-state index contributed by atoms with van der Waals surface area (Å²) < 4.78 is 5.02. The van der Waals surface area contributed by atoms with E-state index in [9.17, 15) is 0 Å². The number of ether oxygens (including phenoxy) is 1. The number of thiazole rings is 1. The molecule has 14 heavy (non-hydrogen) atoms. The van der Waals surface area contributed by atoms with Crippen LogP contribution >= 0.6 is 22.9 Å². The molecule has 5 heteroatoms. The summed E-state index contributed by atoms with van der Waals surface area (Å²) in [6.07, 6.45) is 1.68. The van der Waals surface area contributed by atoms with Crippen molar-refractivity contribution in [1.82, 2.24) is 9.97 Å². The van der Waals surface area contributed by atoms with E-state index in [1.807, 2.05) is 12.1 Å². The van der Waals surface area contributed by atoms with Crippen LogP contribution in [-0.4, -0.2) is 17.1 Å². The third-order valence-electron chi connectivity index (χ3n) is 1.67. The normalized spacial score (nSPS) is 10.1. The fourth-order valence-corrected chi connectivity index (χ4v) is 1.98. The maximum atomic E-state index is 5.74. The van der Waals surface area contributed by atoms with Crippen molar-refractivity contribution >= 4 is 22.9 Å². The quantitative estimate of drug-likeness (QED) is 0.790. The number of aromatic nitrogens is 2. The van der Waals surface area contributed by atoms with Gasteiger partial charge in [-0.3, -0.25) is 0 Å². The molecule has 0 saturated carbocycles. The van der Waals surface area contributed by atoms with Gasteiger partial charge < -0.3 is 4.74 Å². The van der Waals surface area contributed by atoms with Crippen LogP contribution in [0.3, 0.4) is 0 Å².